The molecule has 0 bridgehead atoms. The first kappa shape index (κ1) is 14.8. The molecule has 1 aromatic heterocycles. The Bertz CT molecular complexity index is 605. The van der Waals surface area contributed by atoms with Gasteiger partial charge in [-0.05, 0) is 23.6 Å². The summed E-state index contributed by atoms with van der Waals surface area (Å²) in [5.74, 6) is 0.860. The number of methoxy groups -OCH3 is 1. The van der Waals surface area contributed by atoms with Gasteiger partial charge in [0.05, 0.1) is 10.6 Å². The Labute approximate surface area is 123 Å². The number of nitrogens with zero attached hydrogens (tertiary/aromatic N) is 2. The summed E-state index contributed by atoms with van der Waals surface area (Å²) in [5, 5.41) is 4.47. The van der Waals surface area contributed by atoms with Gasteiger partial charge in [0.15, 0.2) is 0 Å². The van der Waals surface area contributed by atoms with Crippen LogP contribution in [0.5, 0.6) is 0 Å². The molecule has 0 aliphatic carbocycles. The van der Waals surface area contributed by atoms with Crippen LogP contribution >= 0.6 is 11.6 Å². The largest absolute Gasteiger partial charge is 0.399 e. The number of anilines is 1. The van der Waals surface area contributed by atoms with Crippen LogP contribution in [0.4, 0.5) is 5.69 Å². The molecule has 0 fully saturated rings. The highest BCUT2D eigenvalue weighted by Crippen LogP contribution is 2.35. The van der Waals surface area contributed by atoms with Gasteiger partial charge in [-0.25, -0.2) is 0 Å². The summed E-state index contributed by atoms with van der Waals surface area (Å²) in [6.07, 6.45) is -0.257. The first-order valence-corrected chi connectivity index (χ1v) is 6.62. The van der Waals surface area contributed by atoms with Crippen molar-refractivity contribution in [2.75, 3.05) is 12.8 Å². The fourth-order valence-electron chi connectivity index (χ4n) is 2.00. The van der Waals surface area contributed by atoms with Crippen molar-refractivity contribution in [2.24, 2.45) is 5.41 Å². The van der Waals surface area contributed by atoms with E-state index in [0.717, 1.165) is 0 Å². The van der Waals surface area contributed by atoms with Gasteiger partial charge in [-0.1, -0.05) is 37.5 Å². The van der Waals surface area contributed by atoms with Gasteiger partial charge in [0, 0.05) is 12.8 Å². The molecule has 0 saturated heterocycles. The molecule has 0 saturated carbocycles. The van der Waals surface area contributed by atoms with Crippen molar-refractivity contribution in [2.45, 2.75) is 26.9 Å². The van der Waals surface area contributed by atoms with Gasteiger partial charge in [-0.2, -0.15) is 4.98 Å². The van der Waals surface area contributed by atoms with Crippen molar-refractivity contribution in [1.82, 2.24) is 10.1 Å². The van der Waals surface area contributed by atoms with Gasteiger partial charge in [0.25, 0.3) is 5.89 Å². The summed E-state index contributed by atoms with van der Waals surface area (Å²) in [4.78, 5) is 4.38. The van der Waals surface area contributed by atoms with Gasteiger partial charge in [-0.15, -0.1) is 0 Å². The highest BCUT2D eigenvalue weighted by Gasteiger charge is 2.30. The summed E-state index contributed by atoms with van der Waals surface area (Å²) in [5.41, 5.74) is 6.77. The van der Waals surface area contributed by atoms with Gasteiger partial charge in [0.2, 0.25) is 5.82 Å². The van der Waals surface area contributed by atoms with E-state index in [0.29, 0.717) is 28.0 Å². The number of hydrogen-bond acceptors (Lipinski definition) is 5. The van der Waals surface area contributed by atoms with E-state index >= 15 is 0 Å². The molecule has 20 heavy (non-hydrogen) atoms. The first-order chi connectivity index (χ1) is 9.32. The van der Waals surface area contributed by atoms with Gasteiger partial charge in [0.1, 0.15) is 6.10 Å². The molecule has 0 spiro atoms. The normalized spacial score (nSPS) is 13.4. The van der Waals surface area contributed by atoms with Crippen LogP contribution in [0, 0.1) is 5.41 Å². The monoisotopic (exact) mass is 295 g/mol. The predicted octanol–water partition coefficient (Wildman–Crippen LogP) is 3.71. The lowest BCUT2D eigenvalue weighted by Crippen LogP contribution is -2.21. The molecular formula is C14H18ClN3O2. The molecule has 0 aliphatic heterocycles. The number of benzene rings is 1. The summed E-state index contributed by atoms with van der Waals surface area (Å²) >= 11 is 6.14. The lowest BCUT2D eigenvalue weighted by Gasteiger charge is -2.26. The quantitative estimate of drug-likeness (QED) is 0.874. The Hall–Kier alpha value is -1.59. The Morgan fingerprint density at radius 1 is 1.35 bits per heavy atom. The van der Waals surface area contributed by atoms with Gasteiger partial charge in [-0.3, -0.25) is 0 Å². The summed E-state index contributed by atoms with van der Waals surface area (Å²) in [7, 11) is 1.63. The van der Waals surface area contributed by atoms with E-state index < -0.39 is 0 Å². The fraction of sp³-hybridized carbons (Fsp3) is 0.429. The van der Waals surface area contributed by atoms with E-state index in [1.165, 1.54) is 0 Å². The van der Waals surface area contributed by atoms with Crippen LogP contribution in [0.2, 0.25) is 5.02 Å². The zero-order chi connectivity index (χ0) is 14.9. The Balaban J connectivity index is 2.38. The summed E-state index contributed by atoms with van der Waals surface area (Å²) in [6, 6.07) is 5.15. The van der Waals surface area contributed by atoms with Gasteiger partial charge < -0.3 is 15.0 Å². The highest BCUT2D eigenvalue weighted by molar-refractivity contribution is 6.33. The Morgan fingerprint density at radius 3 is 2.60 bits per heavy atom. The molecule has 0 amide bonds. The molecule has 5 nitrogen and oxygen atoms in total. The second-order valence-electron chi connectivity index (χ2n) is 5.68. The average Bonchev–Trinajstić information content (AvgIpc) is 2.77. The third-order valence-corrected chi connectivity index (χ3v) is 3.23. The molecule has 1 unspecified atom stereocenters. The Morgan fingerprint density at radius 2 is 2.05 bits per heavy atom. The van der Waals surface area contributed by atoms with E-state index in [4.69, 9.17) is 26.6 Å². The SMILES string of the molecule is COC(c1noc(-c2ccc(N)cc2Cl)n1)C(C)(C)C. The molecule has 1 heterocycles. The zero-order valence-corrected chi connectivity index (χ0v) is 12.7. The molecule has 2 N–H and O–H groups in total. The van der Waals surface area contributed by atoms with Crippen LogP contribution < -0.4 is 5.73 Å². The zero-order valence-electron chi connectivity index (χ0n) is 12.0. The third-order valence-electron chi connectivity index (χ3n) is 2.92. The second kappa shape index (κ2) is 5.42. The molecule has 108 valence electrons. The first-order valence-electron chi connectivity index (χ1n) is 6.24. The van der Waals surface area contributed by atoms with E-state index in [9.17, 15) is 0 Å². The van der Waals surface area contributed by atoms with E-state index in [1.807, 2.05) is 20.8 Å². The molecule has 0 radical (unpaired) electrons. The molecule has 6 heteroatoms. The Kier molecular flexibility index (Phi) is 4.01. The fourth-order valence-corrected chi connectivity index (χ4v) is 2.27. The lowest BCUT2D eigenvalue weighted by molar-refractivity contribution is 0.00718. The van der Waals surface area contributed by atoms with Crippen molar-refractivity contribution in [3.63, 3.8) is 0 Å². The van der Waals surface area contributed by atoms with Crippen LogP contribution in [0.15, 0.2) is 22.7 Å². The van der Waals surface area contributed by atoms with Crippen molar-refractivity contribution < 1.29 is 9.26 Å². The molecule has 2 rings (SSSR count). The van der Waals surface area contributed by atoms with Crippen LogP contribution in [-0.4, -0.2) is 17.3 Å². The summed E-state index contributed by atoms with van der Waals surface area (Å²) in [6.45, 7) is 6.15. The molecule has 0 aliphatic rings. The third kappa shape index (κ3) is 2.94. The minimum absolute atomic E-state index is 0.138. The molecule has 1 atom stereocenters. The number of hydrogen-bond donors (Lipinski definition) is 1. The van der Waals surface area contributed by atoms with Crippen LogP contribution in [0.25, 0.3) is 11.5 Å². The highest BCUT2D eigenvalue weighted by atomic mass is 35.5. The maximum absolute atomic E-state index is 6.14. The van der Waals surface area contributed by atoms with Crippen LogP contribution in [0.3, 0.4) is 0 Å². The smallest absolute Gasteiger partial charge is 0.259 e. The van der Waals surface area contributed by atoms with Crippen molar-refractivity contribution >= 4 is 17.3 Å². The van der Waals surface area contributed by atoms with Crippen molar-refractivity contribution in [3.05, 3.63) is 29.0 Å². The topological polar surface area (TPSA) is 74.2 Å². The van der Waals surface area contributed by atoms with Crippen molar-refractivity contribution in [3.8, 4) is 11.5 Å². The molecule has 1 aromatic carbocycles. The predicted molar refractivity (Wildman–Crippen MR) is 78.4 cm³/mol. The average molecular weight is 296 g/mol. The van der Waals surface area contributed by atoms with E-state index in [-0.39, 0.29) is 11.5 Å². The maximum Gasteiger partial charge on any atom is 0.259 e. The number of rotatable bonds is 3. The summed E-state index contributed by atoms with van der Waals surface area (Å²) < 4.78 is 10.7. The number of nitrogens with two attached hydrogens (primary N) is 1. The minimum atomic E-state index is -0.257. The molecular weight excluding hydrogens is 278 g/mol. The maximum atomic E-state index is 6.14. The number of halogens is 1. The van der Waals surface area contributed by atoms with Gasteiger partial charge >= 0.3 is 0 Å². The van der Waals surface area contributed by atoms with Crippen molar-refractivity contribution in [1.29, 1.82) is 0 Å². The molecule has 2 aromatic rings. The lowest BCUT2D eigenvalue weighted by atomic mass is 9.88. The van der Waals surface area contributed by atoms with Crippen LogP contribution in [0.1, 0.15) is 32.7 Å². The number of nitrogen functional groups attached to an aromatic ring is 1. The number of aromatic nitrogens is 2. The minimum Gasteiger partial charge on any atom is -0.399 e. The van der Waals surface area contributed by atoms with Crippen LogP contribution in [-0.2, 0) is 4.74 Å². The standard InChI is InChI=1S/C14H18ClN3O2/c1-14(2,3)11(19-4)12-17-13(20-18-12)9-6-5-8(16)7-10(9)15/h5-7,11H,16H2,1-4H3. The van der Waals surface area contributed by atoms with E-state index in [2.05, 4.69) is 10.1 Å². The van der Waals surface area contributed by atoms with E-state index in [1.54, 1.807) is 25.3 Å². The number of ether oxygens (including phenoxy) is 1. The second-order valence-corrected chi connectivity index (χ2v) is 6.09.